The number of carbonyl (C=O) groups is 1. The van der Waals surface area contributed by atoms with Crippen LogP contribution in [0.25, 0.3) is 0 Å². The molecule has 19 heavy (non-hydrogen) atoms. The molecule has 106 valence electrons. The minimum absolute atomic E-state index is 0.0619. The number of carboxylic acid groups (broad SMARTS) is 1. The Bertz CT molecular complexity index is 569. The summed E-state index contributed by atoms with van der Waals surface area (Å²) in [6.45, 7) is 0.747. The van der Waals surface area contributed by atoms with Gasteiger partial charge in [0.2, 0.25) is 10.0 Å². The summed E-state index contributed by atoms with van der Waals surface area (Å²) in [5.41, 5.74) is 5.57. The van der Waals surface area contributed by atoms with Gasteiger partial charge in [0.25, 0.3) is 0 Å². The third-order valence-electron chi connectivity index (χ3n) is 2.46. The van der Waals surface area contributed by atoms with Gasteiger partial charge in [-0.25, -0.2) is 17.5 Å². The van der Waals surface area contributed by atoms with Gasteiger partial charge in [0, 0.05) is 32.9 Å². The fraction of sp³-hybridized carbons (Fsp3) is 0.364. The average Bonchev–Trinajstić information content (AvgIpc) is 2.35. The number of carboxylic acids is 1. The lowest BCUT2D eigenvalue weighted by molar-refractivity contribution is 0.0697. The number of hydrogen-bond acceptors (Lipinski definition) is 5. The largest absolute Gasteiger partial charge is 0.478 e. The molecule has 8 heteroatoms. The number of sulfonamides is 1. The standard InChI is InChI=1S/C11H17N3O4S/c1-14(2)19(17,18)8-3-4-10(13-6-5-12)9(7-8)11(15)16/h3-4,7,13H,5-6,12H2,1-2H3,(H,15,16). The van der Waals surface area contributed by atoms with E-state index in [1.165, 1.54) is 26.2 Å². The highest BCUT2D eigenvalue weighted by Crippen LogP contribution is 2.22. The zero-order chi connectivity index (χ0) is 14.6. The quantitative estimate of drug-likeness (QED) is 0.679. The molecule has 1 rings (SSSR count). The van der Waals surface area contributed by atoms with E-state index in [2.05, 4.69) is 5.32 Å². The van der Waals surface area contributed by atoms with Crippen LogP contribution in [0.3, 0.4) is 0 Å². The second-order valence-electron chi connectivity index (χ2n) is 4.02. The zero-order valence-electron chi connectivity index (χ0n) is 10.8. The third kappa shape index (κ3) is 3.43. The van der Waals surface area contributed by atoms with Gasteiger partial charge in [0.15, 0.2) is 0 Å². The molecule has 0 aliphatic carbocycles. The van der Waals surface area contributed by atoms with Crippen molar-refractivity contribution in [2.75, 3.05) is 32.5 Å². The normalized spacial score (nSPS) is 11.6. The molecule has 0 aliphatic heterocycles. The first-order valence-electron chi connectivity index (χ1n) is 5.54. The maximum absolute atomic E-state index is 11.9. The Hall–Kier alpha value is -1.64. The molecule has 0 amide bonds. The van der Waals surface area contributed by atoms with Crippen molar-refractivity contribution in [3.63, 3.8) is 0 Å². The van der Waals surface area contributed by atoms with Crippen LogP contribution in [0.5, 0.6) is 0 Å². The lowest BCUT2D eigenvalue weighted by Gasteiger charge is -2.14. The molecule has 0 atom stereocenters. The molecule has 0 radical (unpaired) electrons. The highest BCUT2D eigenvalue weighted by Gasteiger charge is 2.20. The van der Waals surface area contributed by atoms with E-state index in [4.69, 9.17) is 10.8 Å². The van der Waals surface area contributed by atoms with Gasteiger partial charge >= 0.3 is 5.97 Å². The van der Waals surface area contributed by atoms with Crippen LogP contribution < -0.4 is 11.1 Å². The van der Waals surface area contributed by atoms with Crippen LogP contribution in [0.4, 0.5) is 5.69 Å². The highest BCUT2D eigenvalue weighted by atomic mass is 32.2. The lowest BCUT2D eigenvalue weighted by Crippen LogP contribution is -2.23. The van der Waals surface area contributed by atoms with Gasteiger partial charge in [-0.3, -0.25) is 0 Å². The Labute approximate surface area is 112 Å². The molecule has 7 nitrogen and oxygen atoms in total. The summed E-state index contributed by atoms with van der Waals surface area (Å²) in [5.74, 6) is -1.20. The molecule has 0 aliphatic rings. The summed E-state index contributed by atoms with van der Waals surface area (Å²) in [5, 5.41) is 12.0. The van der Waals surface area contributed by atoms with Crippen molar-refractivity contribution in [3.8, 4) is 0 Å². The van der Waals surface area contributed by atoms with E-state index in [9.17, 15) is 13.2 Å². The van der Waals surface area contributed by atoms with Crippen LogP contribution in [0, 0.1) is 0 Å². The van der Waals surface area contributed by atoms with Crippen LogP contribution in [0.15, 0.2) is 23.1 Å². The Kier molecular flexibility index (Phi) is 4.87. The molecule has 0 aromatic heterocycles. The summed E-state index contributed by atoms with van der Waals surface area (Å²) in [4.78, 5) is 11.1. The summed E-state index contributed by atoms with van der Waals surface area (Å²) in [6.07, 6.45) is 0. The van der Waals surface area contributed by atoms with Crippen molar-refractivity contribution in [3.05, 3.63) is 23.8 Å². The van der Waals surface area contributed by atoms with Gasteiger partial charge in [-0.05, 0) is 18.2 Å². The predicted octanol–water partition coefficient (Wildman–Crippen LogP) is 0.00570. The van der Waals surface area contributed by atoms with Gasteiger partial charge in [-0.1, -0.05) is 0 Å². The van der Waals surface area contributed by atoms with E-state index in [0.717, 1.165) is 10.4 Å². The molecular weight excluding hydrogens is 270 g/mol. The molecule has 4 N–H and O–H groups in total. The second kappa shape index (κ2) is 6.00. The van der Waals surface area contributed by atoms with Crippen molar-refractivity contribution in [1.29, 1.82) is 0 Å². The maximum Gasteiger partial charge on any atom is 0.337 e. The summed E-state index contributed by atoms with van der Waals surface area (Å²) in [7, 11) is -0.882. The molecule has 1 aromatic carbocycles. The van der Waals surface area contributed by atoms with Gasteiger partial charge in [0.1, 0.15) is 0 Å². The van der Waals surface area contributed by atoms with Gasteiger partial charge in [-0.2, -0.15) is 0 Å². The van der Waals surface area contributed by atoms with E-state index >= 15 is 0 Å². The highest BCUT2D eigenvalue weighted by molar-refractivity contribution is 7.89. The molecule has 0 saturated carbocycles. The van der Waals surface area contributed by atoms with Gasteiger partial charge in [-0.15, -0.1) is 0 Å². The van der Waals surface area contributed by atoms with E-state index < -0.39 is 16.0 Å². The predicted molar refractivity (Wildman–Crippen MR) is 71.8 cm³/mol. The van der Waals surface area contributed by atoms with Crippen molar-refractivity contribution >= 4 is 21.7 Å². The van der Waals surface area contributed by atoms with Crippen LogP contribution in [-0.4, -0.2) is 51.0 Å². The number of rotatable bonds is 6. The SMILES string of the molecule is CN(C)S(=O)(=O)c1ccc(NCCN)c(C(=O)O)c1. The minimum Gasteiger partial charge on any atom is -0.478 e. The molecule has 0 saturated heterocycles. The zero-order valence-corrected chi connectivity index (χ0v) is 11.6. The van der Waals surface area contributed by atoms with E-state index in [1.54, 1.807) is 0 Å². The first-order valence-corrected chi connectivity index (χ1v) is 6.98. The Morgan fingerprint density at radius 2 is 2.05 bits per heavy atom. The molecule has 0 spiro atoms. The van der Waals surface area contributed by atoms with E-state index in [-0.39, 0.29) is 10.5 Å². The maximum atomic E-state index is 11.9. The first kappa shape index (κ1) is 15.4. The van der Waals surface area contributed by atoms with Crippen LogP contribution in [-0.2, 0) is 10.0 Å². The number of benzene rings is 1. The second-order valence-corrected chi connectivity index (χ2v) is 6.17. The number of hydrogen-bond donors (Lipinski definition) is 3. The molecular formula is C11H17N3O4S. The molecule has 0 unspecified atom stereocenters. The van der Waals surface area contributed by atoms with Crippen molar-refractivity contribution in [1.82, 2.24) is 4.31 Å². The monoisotopic (exact) mass is 287 g/mol. The fourth-order valence-corrected chi connectivity index (χ4v) is 2.36. The summed E-state index contributed by atoms with van der Waals surface area (Å²) < 4.78 is 24.9. The topological polar surface area (TPSA) is 113 Å². The lowest BCUT2D eigenvalue weighted by atomic mass is 10.2. The molecule has 0 heterocycles. The summed E-state index contributed by atoms with van der Waals surface area (Å²) in [6, 6.07) is 3.92. The Balaban J connectivity index is 3.28. The van der Waals surface area contributed by atoms with Crippen LogP contribution in [0.1, 0.15) is 10.4 Å². The van der Waals surface area contributed by atoms with E-state index in [0.29, 0.717) is 18.8 Å². The Morgan fingerprint density at radius 1 is 1.42 bits per heavy atom. The molecule has 0 bridgehead atoms. The van der Waals surface area contributed by atoms with E-state index in [1.807, 2.05) is 0 Å². The van der Waals surface area contributed by atoms with Crippen molar-refractivity contribution in [2.45, 2.75) is 4.90 Å². The van der Waals surface area contributed by atoms with Gasteiger partial charge in [0.05, 0.1) is 10.5 Å². The smallest absolute Gasteiger partial charge is 0.337 e. The number of aromatic carboxylic acids is 1. The van der Waals surface area contributed by atoms with Crippen molar-refractivity contribution in [2.24, 2.45) is 5.73 Å². The van der Waals surface area contributed by atoms with Crippen molar-refractivity contribution < 1.29 is 18.3 Å². The molecule has 1 aromatic rings. The number of anilines is 1. The fourth-order valence-electron chi connectivity index (χ4n) is 1.43. The van der Waals surface area contributed by atoms with Crippen LogP contribution >= 0.6 is 0 Å². The number of nitrogens with zero attached hydrogens (tertiary/aromatic N) is 1. The first-order chi connectivity index (χ1) is 8.80. The van der Waals surface area contributed by atoms with Gasteiger partial charge < -0.3 is 16.2 Å². The number of nitrogens with one attached hydrogen (secondary N) is 1. The Morgan fingerprint density at radius 3 is 2.53 bits per heavy atom. The van der Waals surface area contributed by atoms with Crippen LogP contribution in [0.2, 0.25) is 0 Å². The minimum atomic E-state index is -3.65. The number of nitrogens with two attached hydrogens (primary N) is 1. The average molecular weight is 287 g/mol. The molecule has 0 fully saturated rings. The summed E-state index contributed by atoms with van der Waals surface area (Å²) >= 11 is 0. The third-order valence-corrected chi connectivity index (χ3v) is 4.27.